The van der Waals surface area contributed by atoms with E-state index in [1.807, 2.05) is 6.92 Å². The molecule has 0 saturated carbocycles. The number of rotatable bonds is 3. The zero-order valence-corrected chi connectivity index (χ0v) is 6.01. The van der Waals surface area contributed by atoms with Crippen LogP contribution in [0.1, 0.15) is 19.8 Å². The van der Waals surface area contributed by atoms with Gasteiger partial charge in [-0.2, -0.15) is 0 Å². The van der Waals surface area contributed by atoms with Crippen LogP contribution in [0.3, 0.4) is 0 Å². The minimum absolute atomic E-state index is 0.0923. The van der Waals surface area contributed by atoms with E-state index in [1.54, 1.807) is 0 Å². The number of hydrogen-bond donors (Lipinski definition) is 1. The van der Waals surface area contributed by atoms with Crippen LogP contribution in [0, 0.1) is 0 Å². The molecule has 54 valence electrons. The Labute approximate surface area is 56.5 Å². The van der Waals surface area contributed by atoms with Gasteiger partial charge in [0.1, 0.15) is 0 Å². The lowest BCUT2D eigenvalue weighted by atomic mass is 10.2. The Balaban J connectivity index is 2.01. The molecule has 0 aromatic rings. The van der Waals surface area contributed by atoms with Crippen molar-refractivity contribution in [2.75, 3.05) is 19.6 Å². The van der Waals surface area contributed by atoms with Crippen molar-refractivity contribution >= 4 is 0 Å². The molecule has 1 saturated heterocycles. The fourth-order valence-corrected chi connectivity index (χ4v) is 0.991. The van der Waals surface area contributed by atoms with Crippen LogP contribution in [-0.4, -0.2) is 35.7 Å². The van der Waals surface area contributed by atoms with Gasteiger partial charge in [-0.05, 0) is 25.9 Å². The van der Waals surface area contributed by atoms with Crippen LogP contribution in [0.2, 0.25) is 0 Å². The standard InChI is InChI=1S/C7H15NO/c1-2-7(9)6-8-4-3-5-8/h7,9H,2-6H2,1H3/t7-/m0/s1. The highest BCUT2D eigenvalue weighted by Crippen LogP contribution is 2.06. The molecule has 2 nitrogen and oxygen atoms in total. The van der Waals surface area contributed by atoms with E-state index in [-0.39, 0.29) is 6.10 Å². The summed E-state index contributed by atoms with van der Waals surface area (Å²) in [6.45, 7) is 5.29. The molecule has 0 bridgehead atoms. The molecule has 9 heavy (non-hydrogen) atoms. The summed E-state index contributed by atoms with van der Waals surface area (Å²) >= 11 is 0. The lowest BCUT2D eigenvalue weighted by molar-refractivity contribution is 0.0767. The van der Waals surface area contributed by atoms with Crippen LogP contribution >= 0.6 is 0 Å². The Bertz CT molecular complexity index is 78.2. The van der Waals surface area contributed by atoms with Gasteiger partial charge >= 0.3 is 0 Å². The summed E-state index contributed by atoms with van der Waals surface area (Å²) < 4.78 is 0. The van der Waals surface area contributed by atoms with Crippen molar-refractivity contribution in [1.82, 2.24) is 4.90 Å². The summed E-state index contributed by atoms with van der Waals surface area (Å²) in [6, 6.07) is 0. The van der Waals surface area contributed by atoms with Crippen LogP contribution in [0.4, 0.5) is 0 Å². The zero-order chi connectivity index (χ0) is 6.69. The Morgan fingerprint density at radius 2 is 2.22 bits per heavy atom. The van der Waals surface area contributed by atoms with E-state index in [4.69, 9.17) is 5.11 Å². The second-order valence-corrected chi connectivity index (χ2v) is 2.72. The number of likely N-dealkylation sites (tertiary alicyclic amines) is 1. The first kappa shape index (κ1) is 7.03. The summed E-state index contributed by atoms with van der Waals surface area (Å²) in [7, 11) is 0. The summed E-state index contributed by atoms with van der Waals surface area (Å²) in [6.07, 6.45) is 2.11. The first-order chi connectivity index (χ1) is 4.33. The highest BCUT2D eigenvalue weighted by atomic mass is 16.3. The number of β-amino-alcohol motifs (C(OH)–C–C–N with tert-alkyl or cyclic N) is 1. The molecule has 0 amide bonds. The molecule has 0 unspecified atom stereocenters. The topological polar surface area (TPSA) is 23.5 Å². The molecule has 1 fully saturated rings. The largest absolute Gasteiger partial charge is 0.392 e. The van der Waals surface area contributed by atoms with Gasteiger partial charge in [0.2, 0.25) is 0 Å². The number of aliphatic hydroxyl groups is 1. The molecule has 0 radical (unpaired) electrons. The Morgan fingerprint density at radius 3 is 2.56 bits per heavy atom. The maximum Gasteiger partial charge on any atom is 0.0664 e. The smallest absolute Gasteiger partial charge is 0.0664 e. The quantitative estimate of drug-likeness (QED) is 0.598. The van der Waals surface area contributed by atoms with Crippen LogP contribution in [0.5, 0.6) is 0 Å². The van der Waals surface area contributed by atoms with Crippen molar-refractivity contribution in [2.45, 2.75) is 25.9 Å². The lowest BCUT2D eigenvalue weighted by Crippen LogP contribution is -2.41. The molecule has 1 rings (SSSR count). The molecule has 0 aliphatic carbocycles. The van der Waals surface area contributed by atoms with Gasteiger partial charge < -0.3 is 10.0 Å². The molecule has 1 aliphatic rings. The minimum Gasteiger partial charge on any atom is -0.392 e. The second kappa shape index (κ2) is 3.18. The highest BCUT2D eigenvalue weighted by molar-refractivity contribution is 4.71. The summed E-state index contributed by atoms with van der Waals surface area (Å²) in [5.74, 6) is 0. The first-order valence-electron chi connectivity index (χ1n) is 3.73. The van der Waals surface area contributed by atoms with Crippen LogP contribution < -0.4 is 0 Å². The van der Waals surface area contributed by atoms with E-state index < -0.39 is 0 Å². The van der Waals surface area contributed by atoms with Gasteiger partial charge in [-0.1, -0.05) is 6.92 Å². The lowest BCUT2D eigenvalue weighted by Gasteiger charge is -2.32. The molecule has 1 atom stereocenters. The molecule has 1 aliphatic heterocycles. The summed E-state index contributed by atoms with van der Waals surface area (Å²) in [5, 5.41) is 9.15. The molecule has 1 heterocycles. The molecule has 2 heteroatoms. The maximum absolute atomic E-state index is 9.15. The van der Waals surface area contributed by atoms with E-state index in [1.165, 1.54) is 19.5 Å². The van der Waals surface area contributed by atoms with Crippen LogP contribution in [0.15, 0.2) is 0 Å². The number of nitrogens with zero attached hydrogens (tertiary/aromatic N) is 1. The Kier molecular flexibility index (Phi) is 2.49. The predicted molar refractivity (Wildman–Crippen MR) is 37.4 cm³/mol. The van der Waals surface area contributed by atoms with Crippen LogP contribution in [-0.2, 0) is 0 Å². The Morgan fingerprint density at radius 1 is 1.56 bits per heavy atom. The molecule has 1 N–H and O–H groups in total. The van der Waals surface area contributed by atoms with Crippen molar-refractivity contribution in [2.24, 2.45) is 0 Å². The molecule has 0 aromatic heterocycles. The molecular weight excluding hydrogens is 114 g/mol. The van der Waals surface area contributed by atoms with E-state index >= 15 is 0 Å². The van der Waals surface area contributed by atoms with E-state index in [2.05, 4.69) is 4.90 Å². The van der Waals surface area contributed by atoms with E-state index in [0.717, 1.165) is 13.0 Å². The maximum atomic E-state index is 9.15. The third-order valence-corrected chi connectivity index (χ3v) is 1.89. The minimum atomic E-state index is -0.0923. The normalized spacial score (nSPS) is 23.3. The SMILES string of the molecule is CC[C@H](O)CN1CCC1. The number of hydrogen-bond acceptors (Lipinski definition) is 2. The fourth-order valence-electron chi connectivity index (χ4n) is 0.991. The van der Waals surface area contributed by atoms with Crippen molar-refractivity contribution < 1.29 is 5.11 Å². The van der Waals surface area contributed by atoms with Gasteiger partial charge in [-0.15, -0.1) is 0 Å². The first-order valence-corrected chi connectivity index (χ1v) is 3.73. The molecular formula is C7H15NO. The van der Waals surface area contributed by atoms with Gasteiger partial charge in [-0.25, -0.2) is 0 Å². The van der Waals surface area contributed by atoms with Crippen molar-refractivity contribution in [3.8, 4) is 0 Å². The van der Waals surface area contributed by atoms with E-state index in [0.29, 0.717) is 0 Å². The van der Waals surface area contributed by atoms with E-state index in [9.17, 15) is 0 Å². The van der Waals surface area contributed by atoms with Gasteiger partial charge in [-0.3, -0.25) is 0 Å². The second-order valence-electron chi connectivity index (χ2n) is 2.72. The van der Waals surface area contributed by atoms with Crippen molar-refractivity contribution in [3.63, 3.8) is 0 Å². The van der Waals surface area contributed by atoms with Gasteiger partial charge in [0.15, 0.2) is 0 Å². The third-order valence-electron chi connectivity index (χ3n) is 1.89. The fraction of sp³-hybridized carbons (Fsp3) is 1.00. The van der Waals surface area contributed by atoms with Crippen molar-refractivity contribution in [1.29, 1.82) is 0 Å². The average Bonchev–Trinajstić information content (AvgIpc) is 1.78. The predicted octanol–water partition coefficient (Wildman–Crippen LogP) is 0.463. The number of aliphatic hydroxyl groups excluding tert-OH is 1. The monoisotopic (exact) mass is 129 g/mol. The summed E-state index contributed by atoms with van der Waals surface area (Å²) in [4.78, 5) is 2.29. The van der Waals surface area contributed by atoms with Gasteiger partial charge in [0.05, 0.1) is 6.10 Å². The van der Waals surface area contributed by atoms with Gasteiger partial charge in [0.25, 0.3) is 0 Å². The van der Waals surface area contributed by atoms with Gasteiger partial charge in [0, 0.05) is 6.54 Å². The van der Waals surface area contributed by atoms with Crippen LogP contribution in [0.25, 0.3) is 0 Å². The molecule has 0 aromatic carbocycles. The Hall–Kier alpha value is -0.0800. The average molecular weight is 129 g/mol. The van der Waals surface area contributed by atoms with Crippen molar-refractivity contribution in [3.05, 3.63) is 0 Å². The molecule has 0 spiro atoms. The third kappa shape index (κ3) is 1.95. The zero-order valence-electron chi connectivity index (χ0n) is 6.01. The highest BCUT2D eigenvalue weighted by Gasteiger charge is 2.15. The summed E-state index contributed by atoms with van der Waals surface area (Å²) in [5.41, 5.74) is 0.